The zero-order valence-corrected chi connectivity index (χ0v) is 21.4. The number of hydrogen-bond donors (Lipinski definition) is 3. The van der Waals surface area contributed by atoms with Gasteiger partial charge in [-0.05, 0) is 82.1 Å². The topological polar surface area (TPSA) is 91.4 Å². The minimum atomic E-state index is -0.158. The molecule has 1 aromatic heterocycles. The second-order valence-electron chi connectivity index (χ2n) is 9.92. The van der Waals surface area contributed by atoms with Gasteiger partial charge in [0.1, 0.15) is 11.6 Å². The highest BCUT2D eigenvalue weighted by molar-refractivity contribution is 5.89. The Kier molecular flexibility index (Phi) is 8.66. The molecule has 0 bridgehead atoms. The molecule has 2 amide bonds. The van der Waals surface area contributed by atoms with Gasteiger partial charge in [-0.25, -0.2) is 9.78 Å². The number of rotatable bonds is 9. The molecule has 0 unspecified atom stereocenters. The first-order valence-corrected chi connectivity index (χ1v) is 13.2. The van der Waals surface area contributed by atoms with Gasteiger partial charge in [0.15, 0.2) is 0 Å². The Bertz CT molecular complexity index is 970. The van der Waals surface area contributed by atoms with E-state index in [0.29, 0.717) is 6.04 Å². The summed E-state index contributed by atoms with van der Waals surface area (Å²) in [6.45, 7) is 2.86. The summed E-state index contributed by atoms with van der Waals surface area (Å²) in [5.41, 5.74) is 3.27. The van der Waals surface area contributed by atoms with Gasteiger partial charge in [0.2, 0.25) is 5.95 Å². The van der Waals surface area contributed by atoms with Crippen molar-refractivity contribution in [3.05, 3.63) is 35.5 Å². The number of nitrogens with zero attached hydrogens (tertiary/aromatic N) is 3. The van der Waals surface area contributed by atoms with Crippen LogP contribution >= 0.6 is 0 Å². The number of unbranched alkanes of at least 4 members (excludes halogenated alkanes) is 1. The summed E-state index contributed by atoms with van der Waals surface area (Å²) in [5.74, 6) is 2.62. The lowest BCUT2D eigenvalue weighted by molar-refractivity contribution is 0.243. The van der Waals surface area contributed by atoms with E-state index in [1.165, 1.54) is 24.1 Å². The summed E-state index contributed by atoms with van der Waals surface area (Å²) >= 11 is 0. The molecule has 35 heavy (non-hydrogen) atoms. The summed E-state index contributed by atoms with van der Waals surface area (Å²) < 4.78 is 5.68. The predicted octanol–water partition coefficient (Wildman–Crippen LogP) is 5.15. The maximum Gasteiger partial charge on any atom is 0.319 e. The Hall–Kier alpha value is -3.03. The summed E-state index contributed by atoms with van der Waals surface area (Å²) in [6.07, 6.45) is 10.5. The van der Waals surface area contributed by atoms with E-state index in [9.17, 15) is 4.79 Å². The van der Waals surface area contributed by atoms with Gasteiger partial charge < -0.3 is 25.6 Å². The first kappa shape index (κ1) is 25.1. The number of aryl methyl sites for hydroxylation is 1. The van der Waals surface area contributed by atoms with Crippen LogP contribution in [0.1, 0.15) is 69.5 Å². The lowest BCUT2D eigenvalue weighted by Gasteiger charge is -2.30. The second-order valence-corrected chi connectivity index (χ2v) is 9.92. The van der Waals surface area contributed by atoms with Gasteiger partial charge in [-0.2, -0.15) is 4.98 Å². The predicted molar refractivity (Wildman–Crippen MR) is 142 cm³/mol. The van der Waals surface area contributed by atoms with Gasteiger partial charge in [-0.1, -0.05) is 13.3 Å². The third-order valence-electron chi connectivity index (χ3n) is 6.86. The number of anilines is 3. The Morgan fingerprint density at radius 1 is 1.03 bits per heavy atom. The monoisotopic (exact) mass is 480 g/mol. The molecule has 1 aromatic carbocycles. The molecular formula is C27H40N6O2. The highest BCUT2D eigenvalue weighted by atomic mass is 16.5. The van der Waals surface area contributed by atoms with Crippen molar-refractivity contribution in [1.82, 2.24) is 15.3 Å². The molecule has 1 fully saturated rings. The molecule has 1 heterocycles. The average molecular weight is 481 g/mol. The third kappa shape index (κ3) is 6.99. The van der Waals surface area contributed by atoms with Crippen molar-refractivity contribution in [1.29, 1.82) is 0 Å². The number of carbonyl (C=O) groups is 1. The standard InChI is InChI=1S/C27H40N6O2/c1-4-5-18-35-22-16-14-21(15-17-22)30-27(34)29-20-12-10-19(11-13-20)28-26-31-24-9-7-6-8-23(24)25(32-26)33(2)3/h14-17,19-20H,4-13,18H2,1-3H3,(H,28,31,32)(H2,29,30,34)/t19-,20+. The summed E-state index contributed by atoms with van der Waals surface area (Å²) in [7, 11) is 4.11. The van der Waals surface area contributed by atoms with Crippen LogP contribution in [-0.2, 0) is 12.8 Å². The van der Waals surface area contributed by atoms with E-state index in [1.807, 2.05) is 24.3 Å². The van der Waals surface area contributed by atoms with E-state index in [0.717, 1.165) is 81.2 Å². The van der Waals surface area contributed by atoms with Crippen LogP contribution in [0.15, 0.2) is 24.3 Å². The third-order valence-corrected chi connectivity index (χ3v) is 6.86. The molecule has 8 heteroatoms. The van der Waals surface area contributed by atoms with Crippen molar-refractivity contribution < 1.29 is 9.53 Å². The molecule has 0 aliphatic heterocycles. The van der Waals surface area contributed by atoms with Crippen LogP contribution in [0.5, 0.6) is 5.75 Å². The van der Waals surface area contributed by atoms with Crippen LogP contribution in [0.25, 0.3) is 0 Å². The van der Waals surface area contributed by atoms with Gasteiger partial charge in [0.25, 0.3) is 0 Å². The fourth-order valence-corrected chi connectivity index (χ4v) is 4.89. The minimum Gasteiger partial charge on any atom is -0.494 e. The van der Waals surface area contributed by atoms with Gasteiger partial charge in [-0.15, -0.1) is 0 Å². The number of nitrogens with one attached hydrogen (secondary N) is 3. The van der Waals surface area contributed by atoms with Crippen LogP contribution < -0.4 is 25.6 Å². The van der Waals surface area contributed by atoms with E-state index in [4.69, 9.17) is 14.7 Å². The van der Waals surface area contributed by atoms with E-state index in [1.54, 1.807) is 0 Å². The number of aromatic nitrogens is 2. The Morgan fingerprint density at radius 3 is 2.46 bits per heavy atom. The maximum atomic E-state index is 12.5. The lowest BCUT2D eigenvalue weighted by atomic mass is 9.91. The van der Waals surface area contributed by atoms with Gasteiger partial charge >= 0.3 is 6.03 Å². The molecule has 3 N–H and O–H groups in total. The number of amides is 2. The van der Waals surface area contributed by atoms with Crippen LogP contribution in [0.3, 0.4) is 0 Å². The number of urea groups is 1. The minimum absolute atomic E-state index is 0.158. The normalized spacial score (nSPS) is 19.4. The maximum absolute atomic E-state index is 12.5. The SMILES string of the molecule is CCCCOc1ccc(NC(=O)N[C@H]2CC[C@@H](Nc3nc4c(c(N(C)C)n3)CCCC4)CC2)cc1. The van der Waals surface area contributed by atoms with Crippen LogP contribution in [0.2, 0.25) is 0 Å². The van der Waals surface area contributed by atoms with Crippen LogP contribution in [0, 0.1) is 0 Å². The fraction of sp³-hybridized carbons (Fsp3) is 0.593. The lowest BCUT2D eigenvalue weighted by Crippen LogP contribution is -2.42. The Morgan fingerprint density at radius 2 is 1.74 bits per heavy atom. The average Bonchev–Trinajstić information content (AvgIpc) is 2.86. The van der Waals surface area contributed by atoms with Crippen LogP contribution in [0.4, 0.5) is 22.2 Å². The number of ether oxygens (including phenoxy) is 1. The largest absolute Gasteiger partial charge is 0.494 e. The molecule has 2 aliphatic rings. The van der Waals surface area contributed by atoms with Crippen molar-refractivity contribution >= 4 is 23.5 Å². The molecule has 8 nitrogen and oxygen atoms in total. The molecule has 0 spiro atoms. The zero-order chi connectivity index (χ0) is 24.6. The number of carbonyl (C=O) groups excluding carboxylic acids is 1. The Balaban J connectivity index is 1.23. The highest BCUT2D eigenvalue weighted by Gasteiger charge is 2.25. The molecule has 190 valence electrons. The smallest absolute Gasteiger partial charge is 0.319 e. The molecule has 2 aliphatic carbocycles. The summed E-state index contributed by atoms with van der Waals surface area (Å²) in [4.78, 5) is 24.3. The van der Waals surface area contributed by atoms with E-state index in [-0.39, 0.29) is 12.1 Å². The van der Waals surface area contributed by atoms with Crippen molar-refractivity contribution in [3.63, 3.8) is 0 Å². The quantitative estimate of drug-likeness (QED) is 0.430. The molecule has 1 saturated carbocycles. The number of hydrogen-bond acceptors (Lipinski definition) is 6. The van der Waals surface area contributed by atoms with Crippen molar-refractivity contribution in [2.75, 3.05) is 36.2 Å². The van der Waals surface area contributed by atoms with Gasteiger partial charge in [0.05, 0.1) is 12.3 Å². The highest BCUT2D eigenvalue weighted by Crippen LogP contribution is 2.29. The van der Waals surface area contributed by atoms with E-state index in [2.05, 4.69) is 41.9 Å². The Labute approximate surface area is 209 Å². The molecule has 4 rings (SSSR count). The number of fused-ring (bicyclic) bond motifs is 1. The van der Waals surface area contributed by atoms with Crippen LogP contribution in [-0.4, -0.2) is 48.8 Å². The molecule has 2 aromatic rings. The van der Waals surface area contributed by atoms with Gasteiger partial charge in [-0.3, -0.25) is 0 Å². The van der Waals surface area contributed by atoms with E-state index >= 15 is 0 Å². The first-order chi connectivity index (χ1) is 17.0. The van der Waals surface area contributed by atoms with Crippen molar-refractivity contribution in [2.45, 2.75) is 83.2 Å². The second kappa shape index (κ2) is 12.1. The summed E-state index contributed by atoms with van der Waals surface area (Å²) in [6, 6.07) is 7.89. The molecular weight excluding hydrogens is 440 g/mol. The first-order valence-electron chi connectivity index (χ1n) is 13.2. The molecule has 0 saturated heterocycles. The van der Waals surface area contributed by atoms with Crippen molar-refractivity contribution in [3.8, 4) is 5.75 Å². The van der Waals surface area contributed by atoms with Gasteiger partial charge in [0, 0.05) is 37.4 Å². The molecule has 0 radical (unpaired) electrons. The number of benzene rings is 1. The molecule has 0 atom stereocenters. The zero-order valence-electron chi connectivity index (χ0n) is 21.4. The van der Waals surface area contributed by atoms with Crippen molar-refractivity contribution in [2.24, 2.45) is 0 Å². The van der Waals surface area contributed by atoms with E-state index < -0.39 is 0 Å². The fourth-order valence-electron chi connectivity index (χ4n) is 4.89. The summed E-state index contributed by atoms with van der Waals surface area (Å²) in [5, 5.41) is 9.64.